The number of carbonyl (C=O) groups is 1. The Bertz CT molecular complexity index is 715. The van der Waals surface area contributed by atoms with Crippen molar-refractivity contribution < 1.29 is 9.53 Å². The van der Waals surface area contributed by atoms with Crippen LogP contribution in [0.15, 0.2) is 53.0 Å². The molecule has 0 spiro atoms. The van der Waals surface area contributed by atoms with E-state index in [-0.39, 0.29) is 6.03 Å². The van der Waals surface area contributed by atoms with Crippen LogP contribution in [-0.2, 0) is 0 Å². The largest absolute Gasteiger partial charge is 0.495 e. The summed E-state index contributed by atoms with van der Waals surface area (Å²) in [5.74, 6) is 0.865. The minimum absolute atomic E-state index is 0.0622. The summed E-state index contributed by atoms with van der Waals surface area (Å²) in [5.41, 5.74) is 1.87. The van der Waals surface area contributed by atoms with Gasteiger partial charge in [0.1, 0.15) is 5.75 Å². The third kappa shape index (κ3) is 3.82. The zero-order valence-corrected chi connectivity index (χ0v) is 15.1. The molecular formula is C18H20BrN3O2. The van der Waals surface area contributed by atoms with E-state index in [1.54, 1.807) is 7.11 Å². The van der Waals surface area contributed by atoms with Gasteiger partial charge in [-0.3, -0.25) is 0 Å². The molecule has 0 unspecified atom stereocenters. The molecule has 126 valence electrons. The lowest BCUT2D eigenvalue weighted by Crippen LogP contribution is -2.50. The molecule has 1 heterocycles. The predicted octanol–water partition coefficient (Wildman–Crippen LogP) is 3.81. The van der Waals surface area contributed by atoms with Crippen molar-refractivity contribution in [1.82, 2.24) is 4.90 Å². The fourth-order valence-electron chi connectivity index (χ4n) is 2.81. The first-order chi connectivity index (χ1) is 11.7. The van der Waals surface area contributed by atoms with Crippen LogP contribution in [0.25, 0.3) is 0 Å². The molecule has 1 fully saturated rings. The molecule has 0 bridgehead atoms. The molecule has 0 atom stereocenters. The highest BCUT2D eigenvalue weighted by molar-refractivity contribution is 9.10. The minimum Gasteiger partial charge on any atom is -0.495 e. The second kappa shape index (κ2) is 7.57. The van der Waals surface area contributed by atoms with E-state index in [0.717, 1.165) is 34.7 Å². The van der Waals surface area contributed by atoms with Gasteiger partial charge < -0.3 is 19.9 Å². The van der Waals surface area contributed by atoms with Crippen LogP contribution in [0.5, 0.6) is 5.75 Å². The van der Waals surface area contributed by atoms with Gasteiger partial charge in [-0.05, 0) is 30.3 Å². The number of hydrogen-bond acceptors (Lipinski definition) is 3. The Kier molecular flexibility index (Phi) is 5.25. The number of nitrogens with zero attached hydrogens (tertiary/aromatic N) is 2. The summed E-state index contributed by atoms with van der Waals surface area (Å²) >= 11 is 3.41. The van der Waals surface area contributed by atoms with Crippen LogP contribution < -0.4 is 15.0 Å². The van der Waals surface area contributed by atoms with Crippen LogP contribution in [-0.4, -0.2) is 44.2 Å². The predicted molar refractivity (Wildman–Crippen MR) is 99.9 cm³/mol. The molecule has 2 aromatic carbocycles. The number of anilines is 2. The van der Waals surface area contributed by atoms with Gasteiger partial charge in [-0.25, -0.2) is 4.79 Å². The molecule has 1 aliphatic heterocycles. The topological polar surface area (TPSA) is 44.8 Å². The van der Waals surface area contributed by atoms with Gasteiger partial charge in [0, 0.05) is 36.3 Å². The number of piperazine rings is 1. The van der Waals surface area contributed by atoms with Gasteiger partial charge in [0.25, 0.3) is 0 Å². The maximum atomic E-state index is 12.4. The number of nitrogens with one attached hydrogen (secondary N) is 1. The summed E-state index contributed by atoms with van der Waals surface area (Å²) < 4.78 is 6.37. The minimum atomic E-state index is -0.0622. The second-order valence-corrected chi connectivity index (χ2v) is 6.50. The maximum absolute atomic E-state index is 12.4. The second-order valence-electron chi connectivity index (χ2n) is 5.59. The molecule has 2 aromatic rings. The molecule has 1 aliphatic rings. The van der Waals surface area contributed by atoms with Crippen LogP contribution in [0, 0.1) is 0 Å². The monoisotopic (exact) mass is 389 g/mol. The highest BCUT2D eigenvalue weighted by Crippen LogP contribution is 2.28. The third-order valence-electron chi connectivity index (χ3n) is 4.07. The Labute approximate surface area is 150 Å². The summed E-state index contributed by atoms with van der Waals surface area (Å²) in [7, 11) is 1.68. The quantitative estimate of drug-likeness (QED) is 0.867. The first-order valence-corrected chi connectivity index (χ1v) is 8.66. The Balaban J connectivity index is 1.59. The lowest BCUT2D eigenvalue weighted by Gasteiger charge is -2.36. The summed E-state index contributed by atoms with van der Waals surface area (Å²) in [6, 6.07) is 15.5. The van der Waals surface area contributed by atoms with Crippen molar-refractivity contribution in [2.75, 3.05) is 43.5 Å². The molecule has 6 heteroatoms. The van der Waals surface area contributed by atoms with E-state index >= 15 is 0 Å². The molecule has 0 radical (unpaired) electrons. The molecule has 1 saturated heterocycles. The van der Waals surface area contributed by atoms with Crippen molar-refractivity contribution in [3.05, 3.63) is 53.0 Å². The van der Waals surface area contributed by atoms with Crippen molar-refractivity contribution in [3.8, 4) is 5.75 Å². The molecular weight excluding hydrogens is 370 g/mol. The van der Waals surface area contributed by atoms with Crippen molar-refractivity contribution in [2.45, 2.75) is 0 Å². The highest BCUT2D eigenvalue weighted by atomic mass is 79.9. The third-order valence-corrected chi connectivity index (χ3v) is 4.56. The van der Waals surface area contributed by atoms with Crippen LogP contribution in [0.2, 0.25) is 0 Å². The van der Waals surface area contributed by atoms with Crippen LogP contribution >= 0.6 is 15.9 Å². The normalized spacial score (nSPS) is 14.4. The Morgan fingerprint density at radius 3 is 2.54 bits per heavy atom. The van der Waals surface area contributed by atoms with Crippen molar-refractivity contribution in [2.24, 2.45) is 0 Å². The number of halogens is 1. The lowest BCUT2D eigenvalue weighted by atomic mass is 10.2. The van der Waals surface area contributed by atoms with Gasteiger partial charge in [0.15, 0.2) is 0 Å². The van der Waals surface area contributed by atoms with Gasteiger partial charge in [-0.2, -0.15) is 0 Å². The number of amides is 2. The van der Waals surface area contributed by atoms with Crippen LogP contribution in [0.4, 0.5) is 16.2 Å². The van der Waals surface area contributed by atoms with Crippen molar-refractivity contribution in [1.29, 1.82) is 0 Å². The Hall–Kier alpha value is -2.21. The first-order valence-electron chi connectivity index (χ1n) is 7.87. The number of rotatable bonds is 3. The molecule has 0 saturated carbocycles. The molecule has 1 N–H and O–H groups in total. The first kappa shape index (κ1) is 16.6. The van der Waals surface area contributed by atoms with Gasteiger partial charge >= 0.3 is 6.03 Å². The standard InChI is InChI=1S/C18H20BrN3O2/c1-24-17-8-3-2-7-16(17)21-9-11-22(12-10-21)18(23)20-15-6-4-5-14(19)13-15/h2-8,13H,9-12H2,1H3,(H,20,23). The van der Waals surface area contributed by atoms with E-state index in [1.165, 1.54) is 0 Å². The average Bonchev–Trinajstić information content (AvgIpc) is 2.62. The Morgan fingerprint density at radius 1 is 1.08 bits per heavy atom. The molecule has 5 nitrogen and oxygen atoms in total. The number of benzene rings is 2. The van der Waals surface area contributed by atoms with Crippen molar-refractivity contribution in [3.63, 3.8) is 0 Å². The smallest absolute Gasteiger partial charge is 0.321 e. The SMILES string of the molecule is COc1ccccc1N1CCN(C(=O)Nc2cccc(Br)c2)CC1. The van der Waals surface area contributed by atoms with Gasteiger partial charge in [-0.1, -0.05) is 34.1 Å². The van der Waals surface area contributed by atoms with E-state index < -0.39 is 0 Å². The van der Waals surface area contributed by atoms with Gasteiger partial charge in [-0.15, -0.1) is 0 Å². The number of carbonyl (C=O) groups excluding carboxylic acids is 1. The number of para-hydroxylation sites is 2. The molecule has 0 aromatic heterocycles. The Morgan fingerprint density at radius 2 is 1.83 bits per heavy atom. The zero-order chi connectivity index (χ0) is 16.9. The van der Waals surface area contributed by atoms with E-state index in [1.807, 2.05) is 47.4 Å². The fourth-order valence-corrected chi connectivity index (χ4v) is 3.21. The van der Waals surface area contributed by atoms with E-state index in [0.29, 0.717) is 13.1 Å². The fraction of sp³-hybridized carbons (Fsp3) is 0.278. The lowest BCUT2D eigenvalue weighted by molar-refractivity contribution is 0.208. The van der Waals surface area contributed by atoms with E-state index in [2.05, 4.69) is 32.2 Å². The zero-order valence-electron chi connectivity index (χ0n) is 13.5. The molecule has 24 heavy (non-hydrogen) atoms. The number of ether oxygens (including phenoxy) is 1. The summed E-state index contributed by atoms with van der Waals surface area (Å²) in [4.78, 5) is 16.5. The highest BCUT2D eigenvalue weighted by Gasteiger charge is 2.22. The maximum Gasteiger partial charge on any atom is 0.321 e. The number of urea groups is 1. The van der Waals surface area contributed by atoms with Crippen LogP contribution in [0.1, 0.15) is 0 Å². The summed E-state index contributed by atoms with van der Waals surface area (Å²) in [6.07, 6.45) is 0. The molecule has 3 rings (SSSR count). The average molecular weight is 390 g/mol. The molecule has 0 aliphatic carbocycles. The van der Waals surface area contributed by atoms with Gasteiger partial charge in [0.2, 0.25) is 0 Å². The molecule has 2 amide bonds. The van der Waals surface area contributed by atoms with Crippen LogP contribution in [0.3, 0.4) is 0 Å². The van der Waals surface area contributed by atoms with E-state index in [9.17, 15) is 4.79 Å². The number of methoxy groups -OCH3 is 1. The van der Waals surface area contributed by atoms with Gasteiger partial charge in [0.05, 0.1) is 12.8 Å². The van der Waals surface area contributed by atoms with E-state index in [4.69, 9.17) is 4.74 Å². The summed E-state index contributed by atoms with van der Waals surface area (Å²) in [5, 5.41) is 2.94. The summed E-state index contributed by atoms with van der Waals surface area (Å²) in [6.45, 7) is 2.92. The van der Waals surface area contributed by atoms with Crippen molar-refractivity contribution >= 4 is 33.3 Å². The number of hydrogen-bond donors (Lipinski definition) is 1.